The summed E-state index contributed by atoms with van der Waals surface area (Å²) in [4.78, 5) is 19.7. The SMILES string of the molecule is CCOC(=O)C1C2CC1CN(c1nc(-c3cc(C)ccc3OCc3ccc4c(c3)CCNC4)cs1)C2. The predicted molar refractivity (Wildman–Crippen MR) is 142 cm³/mol. The number of benzene rings is 2. The Labute approximate surface area is 216 Å². The highest BCUT2D eigenvalue weighted by molar-refractivity contribution is 7.14. The summed E-state index contributed by atoms with van der Waals surface area (Å²) >= 11 is 1.68. The maximum absolute atomic E-state index is 12.3. The highest BCUT2D eigenvalue weighted by Gasteiger charge is 2.51. The van der Waals surface area contributed by atoms with Crippen LogP contribution in [-0.4, -0.2) is 37.2 Å². The van der Waals surface area contributed by atoms with Crippen LogP contribution < -0.4 is 15.0 Å². The molecule has 2 saturated heterocycles. The van der Waals surface area contributed by atoms with Crippen molar-refractivity contribution in [3.63, 3.8) is 0 Å². The van der Waals surface area contributed by atoms with Crippen LogP contribution in [0.25, 0.3) is 11.3 Å². The summed E-state index contributed by atoms with van der Waals surface area (Å²) in [6.45, 7) is 8.71. The molecule has 3 aliphatic heterocycles. The minimum Gasteiger partial charge on any atom is -0.488 e. The fraction of sp³-hybridized carbons (Fsp3) is 0.448. The van der Waals surface area contributed by atoms with Crippen LogP contribution in [0, 0.1) is 24.7 Å². The van der Waals surface area contributed by atoms with E-state index in [2.05, 4.69) is 58.9 Å². The fourth-order valence-corrected chi connectivity index (χ4v) is 6.80. The highest BCUT2D eigenvalue weighted by Crippen LogP contribution is 2.48. The summed E-state index contributed by atoms with van der Waals surface area (Å²) in [5, 5.41) is 6.59. The van der Waals surface area contributed by atoms with Crippen LogP contribution >= 0.6 is 11.3 Å². The van der Waals surface area contributed by atoms with E-state index >= 15 is 0 Å². The molecule has 1 aliphatic carbocycles. The van der Waals surface area contributed by atoms with E-state index in [0.29, 0.717) is 25.0 Å². The van der Waals surface area contributed by atoms with Gasteiger partial charge in [-0.2, -0.15) is 0 Å². The smallest absolute Gasteiger partial charge is 0.309 e. The first-order valence-electron chi connectivity index (χ1n) is 13.0. The van der Waals surface area contributed by atoms with Crippen LogP contribution in [0.5, 0.6) is 5.75 Å². The van der Waals surface area contributed by atoms with Crippen LogP contribution in [0.2, 0.25) is 0 Å². The molecule has 3 aromatic rings. The van der Waals surface area contributed by atoms with Crippen LogP contribution in [0.3, 0.4) is 0 Å². The summed E-state index contributed by atoms with van der Waals surface area (Å²) in [7, 11) is 0. The Morgan fingerprint density at radius 3 is 2.86 bits per heavy atom. The molecule has 3 fully saturated rings. The zero-order valence-corrected chi connectivity index (χ0v) is 21.8. The van der Waals surface area contributed by atoms with Crippen molar-refractivity contribution >= 4 is 22.4 Å². The third kappa shape index (κ3) is 4.50. The van der Waals surface area contributed by atoms with E-state index < -0.39 is 0 Å². The number of carbonyl (C=O) groups excluding carboxylic acids is 1. The number of nitrogens with one attached hydrogen (secondary N) is 1. The van der Waals surface area contributed by atoms with Gasteiger partial charge in [-0.1, -0.05) is 29.8 Å². The van der Waals surface area contributed by atoms with Gasteiger partial charge in [0.2, 0.25) is 0 Å². The number of esters is 1. The average Bonchev–Trinajstić information content (AvgIpc) is 3.38. The van der Waals surface area contributed by atoms with Crippen molar-refractivity contribution in [2.45, 2.75) is 39.8 Å². The average molecular weight is 504 g/mol. The van der Waals surface area contributed by atoms with Crippen molar-refractivity contribution in [1.82, 2.24) is 10.3 Å². The molecule has 0 spiro atoms. The Hall–Kier alpha value is -2.90. The van der Waals surface area contributed by atoms with Crippen LogP contribution in [0.4, 0.5) is 5.13 Å². The standard InChI is InChI=1S/C29H33N3O3S/c1-3-34-28(33)27-22-12-23(27)15-32(14-22)29-31-25(17-36-29)24-10-18(2)4-7-26(24)35-16-19-5-6-21-13-30-9-8-20(21)11-19/h4-7,10-11,17,22-23,27,30H,3,8-9,12-16H2,1-2H3. The first-order valence-corrected chi connectivity index (χ1v) is 13.9. The number of hydrogen-bond donors (Lipinski definition) is 1. The quantitative estimate of drug-likeness (QED) is 0.459. The van der Waals surface area contributed by atoms with Crippen LogP contribution in [0.15, 0.2) is 41.8 Å². The lowest BCUT2D eigenvalue weighted by Gasteiger charge is -2.52. The highest BCUT2D eigenvalue weighted by atomic mass is 32.1. The normalized spacial score (nSPS) is 22.5. The number of carbonyl (C=O) groups is 1. The molecule has 4 heterocycles. The molecule has 7 heteroatoms. The van der Waals surface area contributed by atoms with Gasteiger partial charge in [0.1, 0.15) is 12.4 Å². The Morgan fingerprint density at radius 2 is 2.03 bits per heavy atom. The molecule has 1 saturated carbocycles. The largest absolute Gasteiger partial charge is 0.488 e. The number of ether oxygens (including phenoxy) is 2. The van der Waals surface area contributed by atoms with E-state index in [9.17, 15) is 4.79 Å². The van der Waals surface area contributed by atoms with Gasteiger partial charge in [0.05, 0.1) is 18.2 Å². The molecular weight excluding hydrogens is 470 g/mol. The topological polar surface area (TPSA) is 63.7 Å². The van der Waals surface area contributed by atoms with E-state index in [1.165, 1.54) is 22.3 Å². The molecule has 1 aromatic heterocycles. The van der Waals surface area contributed by atoms with Crippen LogP contribution in [0.1, 0.15) is 35.6 Å². The van der Waals surface area contributed by atoms with Gasteiger partial charge in [-0.05, 0) is 73.9 Å². The number of piperidine rings is 2. The maximum Gasteiger partial charge on any atom is 0.309 e. The maximum atomic E-state index is 12.3. The van der Waals surface area contributed by atoms with Crippen LogP contribution in [-0.2, 0) is 29.1 Å². The molecule has 2 atom stereocenters. The summed E-state index contributed by atoms with van der Waals surface area (Å²) < 4.78 is 11.7. The zero-order valence-electron chi connectivity index (χ0n) is 21.0. The van der Waals surface area contributed by atoms with Crippen molar-refractivity contribution in [1.29, 1.82) is 0 Å². The number of nitrogens with zero attached hydrogens (tertiary/aromatic N) is 2. The molecular formula is C29H33N3O3S. The van der Waals surface area contributed by atoms with E-state index in [4.69, 9.17) is 14.5 Å². The van der Waals surface area contributed by atoms with Gasteiger partial charge in [-0.15, -0.1) is 11.3 Å². The van der Waals surface area contributed by atoms with E-state index in [1.807, 2.05) is 6.92 Å². The Kier molecular flexibility index (Phi) is 6.44. The molecule has 6 nitrogen and oxygen atoms in total. The number of aromatic nitrogens is 1. The van der Waals surface area contributed by atoms with Gasteiger partial charge in [0.25, 0.3) is 0 Å². The minimum absolute atomic E-state index is 0.0182. The molecule has 188 valence electrons. The van der Waals surface area contributed by atoms with Crippen molar-refractivity contribution < 1.29 is 14.3 Å². The zero-order chi connectivity index (χ0) is 24.6. The molecule has 1 N–H and O–H groups in total. The van der Waals surface area contributed by atoms with Crippen molar-refractivity contribution in [3.8, 4) is 17.0 Å². The summed E-state index contributed by atoms with van der Waals surface area (Å²) in [5.74, 6) is 1.66. The van der Waals surface area contributed by atoms with Crippen molar-refractivity contribution in [2.24, 2.45) is 17.8 Å². The minimum atomic E-state index is -0.0182. The molecule has 2 unspecified atom stereocenters. The number of hydrogen-bond acceptors (Lipinski definition) is 7. The number of fused-ring (bicyclic) bond motifs is 3. The van der Waals surface area contributed by atoms with Gasteiger partial charge >= 0.3 is 5.97 Å². The molecule has 0 radical (unpaired) electrons. The predicted octanol–water partition coefficient (Wildman–Crippen LogP) is 4.98. The third-order valence-electron chi connectivity index (χ3n) is 7.81. The Bertz CT molecular complexity index is 1260. The molecule has 36 heavy (non-hydrogen) atoms. The van der Waals surface area contributed by atoms with E-state index in [0.717, 1.165) is 61.2 Å². The Balaban J connectivity index is 1.16. The van der Waals surface area contributed by atoms with Crippen molar-refractivity contribution in [2.75, 3.05) is 31.1 Å². The second-order valence-electron chi connectivity index (χ2n) is 10.3. The number of thiazole rings is 1. The van der Waals surface area contributed by atoms with Gasteiger partial charge < -0.3 is 19.7 Å². The lowest BCUT2D eigenvalue weighted by molar-refractivity contribution is -0.160. The van der Waals surface area contributed by atoms with Gasteiger partial charge in [-0.25, -0.2) is 4.98 Å². The summed E-state index contributed by atoms with van der Waals surface area (Å²) in [6, 6.07) is 13.0. The second kappa shape index (κ2) is 9.87. The second-order valence-corrected chi connectivity index (χ2v) is 11.1. The lowest BCUT2D eigenvalue weighted by atomic mass is 9.61. The third-order valence-corrected chi connectivity index (χ3v) is 8.72. The monoisotopic (exact) mass is 503 g/mol. The van der Waals surface area contributed by atoms with Gasteiger partial charge in [0.15, 0.2) is 5.13 Å². The van der Waals surface area contributed by atoms with Gasteiger partial charge in [-0.3, -0.25) is 4.79 Å². The van der Waals surface area contributed by atoms with Gasteiger partial charge in [0, 0.05) is 30.6 Å². The molecule has 2 aromatic carbocycles. The molecule has 4 aliphatic rings. The van der Waals surface area contributed by atoms with E-state index in [1.54, 1.807) is 11.3 Å². The number of rotatable bonds is 7. The molecule has 0 amide bonds. The lowest BCUT2D eigenvalue weighted by Crippen LogP contribution is -2.58. The Morgan fingerprint density at radius 1 is 1.17 bits per heavy atom. The fourth-order valence-electron chi connectivity index (χ4n) is 5.95. The first kappa shape index (κ1) is 23.5. The van der Waals surface area contributed by atoms with E-state index in [-0.39, 0.29) is 11.9 Å². The summed E-state index contributed by atoms with van der Waals surface area (Å²) in [6.07, 6.45) is 2.19. The summed E-state index contributed by atoms with van der Waals surface area (Å²) in [5.41, 5.74) is 7.18. The molecule has 7 rings (SSSR count). The van der Waals surface area contributed by atoms with Crippen molar-refractivity contribution in [3.05, 3.63) is 64.0 Å². The number of aryl methyl sites for hydroxylation is 1. The number of anilines is 1. The first-order chi connectivity index (χ1) is 17.6. The molecule has 2 bridgehead atoms.